The summed E-state index contributed by atoms with van der Waals surface area (Å²) in [5, 5.41) is 1.56. The van der Waals surface area contributed by atoms with Gasteiger partial charge in [0.1, 0.15) is 0 Å². The fourth-order valence-electron chi connectivity index (χ4n) is 1.54. The Kier molecular flexibility index (Phi) is 5.28. The van der Waals surface area contributed by atoms with Gasteiger partial charge in [-0.3, -0.25) is 4.79 Å². The van der Waals surface area contributed by atoms with Gasteiger partial charge < -0.3 is 4.74 Å². The fraction of sp³-hybridized carbons (Fsp3) is 0.583. The highest BCUT2D eigenvalue weighted by atomic mass is 32.2. The van der Waals surface area contributed by atoms with E-state index in [-0.39, 0.29) is 11.3 Å². The molecule has 114 valence electrons. The van der Waals surface area contributed by atoms with Crippen molar-refractivity contribution in [2.24, 2.45) is 0 Å². The Morgan fingerprint density at radius 3 is 2.60 bits per heavy atom. The molecule has 0 aliphatic carbocycles. The topological polar surface area (TPSA) is 72.5 Å². The number of ether oxygens (including phenoxy) is 1. The number of thiophene rings is 1. The summed E-state index contributed by atoms with van der Waals surface area (Å²) in [6.07, 6.45) is -2.13. The summed E-state index contributed by atoms with van der Waals surface area (Å²) in [5.41, 5.74) is -0.636. The van der Waals surface area contributed by atoms with Crippen LogP contribution in [0.3, 0.4) is 0 Å². The van der Waals surface area contributed by atoms with Crippen LogP contribution in [0.2, 0.25) is 0 Å². The lowest BCUT2D eigenvalue weighted by molar-refractivity contribution is -0.154. The number of alkyl halides is 1. The fourth-order valence-corrected chi connectivity index (χ4v) is 4.43. The Balaban J connectivity index is 2.94. The van der Waals surface area contributed by atoms with Crippen LogP contribution >= 0.6 is 11.3 Å². The Hall–Kier alpha value is -0.990. The van der Waals surface area contributed by atoms with E-state index in [0.29, 0.717) is 4.88 Å². The van der Waals surface area contributed by atoms with Crippen LogP contribution in [0.25, 0.3) is 0 Å². The maximum atomic E-state index is 13.5. The van der Waals surface area contributed by atoms with Crippen LogP contribution < -0.4 is 4.72 Å². The molecular weight excluding hydrogens is 305 g/mol. The summed E-state index contributed by atoms with van der Waals surface area (Å²) in [5.74, 6) is -0.744. The zero-order valence-electron chi connectivity index (χ0n) is 11.8. The van der Waals surface area contributed by atoms with Crippen molar-refractivity contribution < 1.29 is 22.3 Å². The lowest BCUT2D eigenvalue weighted by Gasteiger charge is -2.20. The molecule has 0 spiro atoms. The van der Waals surface area contributed by atoms with Crippen LogP contribution in [-0.4, -0.2) is 26.3 Å². The normalized spacial score (nSPS) is 14.1. The number of carbonyl (C=O) groups excluding carboxylic acids is 1. The standard InChI is InChI=1S/C12H18FNO4S2/c1-8(15)18-11(13)7-9-10(5-6-19-9)20(16,17)14-12(2,3)4/h5-6,11,14H,7H2,1-4H3. The molecule has 1 heterocycles. The molecule has 0 bridgehead atoms. The molecule has 1 aromatic rings. The second-order valence-electron chi connectivity index (χ2n) is 5.29. The summed E-state index contributed by atoms with van der Waals surface area (Å²) in [7, 11) is -3.73. The molecule has 1 unspecified atom stereocenters. The lowest BCUT2D eigenvalue weighted by atomic mass is 10.1. The van der Waals surface area contributed by atoms with E-state index in [9.17, 15) is 17.6 Å². The highest BCUT2D eigenvalue weighted by molar-refractivity contribution is 7.89. The monoisotopic (exact) mass is 323 g/mol. The molecule has 1 rings (SSSR count). The van der Waals surface area contributed by atoms with Crippen molar-refractivity contribution in [3.05, 3.63) is 16.3 Å². The van der Waals surface area contributed by atoms with Gasteiger partial charge in [-0.05, 0) is 32.2 Å². The number of halogens is 1. The van der Waals surface area contributed by atoms with Gasteiger partial charge in [-0.15, -0.1) is 11.3 Å². The number of sulfonamides is 1. The predicted octanol–water partition coefficient (Wildman–Crippen LogP) is 2.23. The maximum Gasteiger partial charge on any atom is 0.305 e. The third-order valence-corrected chi connectivity index (χ3v) is 4.99. The summed E-state index contributed by atoms with van der Waals surface area (Å²) in [6.45, 7) is 6.24. The van der Waals surface area contributed by atoms with Crippen LogP contribution in [0.5, 0.6) is 0 Å². The molecule has 0 fully saturated rings. The molecule has 0 radical (unpaired) electrons. The third-order valence-electron chi connectivity index (χ3n) is 2.07. The van der Waals surface area contributed by atoms with Gasteiger partial charge >= 0.3 is 5.97 Å². The van der Waals surface area contributed by atoms with Crippen molar-refractivity contribution >= 4 is 27.3 Å². The van der Waals surface area contributed by atoms with E-state index < -0.39 is 27.9 Å². The lowest BCUT2D eigenvalue weighted by Crippen LogP contribution is -2.40. The first-order valence-electron chi connectivity index (χ1n) is 5.93. The average Bonchev–Trinajstić information content (AvgIpc) is 2.60. The van der Waals surface area contributed by atoms with Crippen LogP contribution in [0.15, 0.2) is 16.3 Å². The minimum Gasteiger partial charge on any atom is -0.431 e. The summed E-state index contributed by atoms with van der Waals surface area (Å²) >= 11 is 1.11. The molecular formula is C12H18FNO4S2. The smallest absolute Gasteiger partial charge is 0.305 e. The van der Waals surface area contributed by atoms with Crippen molar-refractivity contribution in [1.82, 2.24) is 4.72 Å². The Bertz CT molecular complexity index is 575. The Labute approximate surface area is 122 Å². The van der Waals surface area contributed by atoms with Crippen LogP contribution in [-0.2, 0) is 26.0 Å². The van der Waals surface area contributed by atoms with Gasteiger partial charge in [-0.25, -0.2) is 17.5 Å². The third kappa shape index (κ3) is 5.18. The molecule has 8 heteroatoms. The number of hydrogen-bond donors (Lipinski definition) is 1. The van der Waals surface area contributed by atoms with E-state index in [2.05, 4.69) is 9.46 Å². The van der Waals surface area contributed by atoms with E-state index >= 15 is 0 Å². The number of hydrogen-bond acceptors (Lipinski definition) is 5. The van der Waals surface area contributed by atoms with Crippen molar-refractivity contribution in [3.63, 3.8) is 0 Å². The van der Waals surface area contributed by atoms with Crippen molar-refractivity contribution in [1.29, 1.82) is 0 Å². The van der Waals surface area contributed by atoms with Crippen LogP contribution in [0.1, 0.15) is 32.6 Å². The van der Waals surface area contributed by atoms with E-state index in [1.807, 2.05) is 0 Å². The zero-order chi connectivity index (χ0) is 15.6. The van der Waals surface area contributed by atoms with Crippen molar-refractivity contribution in [2.45, 2.75) is 50.9 Å². The second-order valence-corrected chi connectivity index (χ2v) is 7.94. The van der Waals surface area contributed by atoms with E-state index in [1.165, 1.54) is 6.07 Å². The average molecular weight is 323 g/mol. The first kappa shape index (κ1) is 17.1. The molecule has 0 aromatic carbocycles. The molecule has 1 atom stereocenters. The number of nitrogens with one attached hydrogen (secondary N) is 1. The zero-order valence-corrected chi connectivity index (χ0v) is 13.4. The minimum atomic E-state index is -3.73. The van der Waals surface area contributed by atoms with Crippen LogP contribution in [0.4, 0.5) is 4.39 Å². The van der Waals surface area contributed by atoms with Gasteiger partial charge in [-0.2, -0.15) is 0 Å². The molecule has 1 N–H and O–H groups in total. The Morgan fingerprint density at radius 2 is 2.10 bits per heavy atom. The van der Waals surface area contributed by atoms with E-state index in [1.54, 1.807) is 26.2 Å². The number of carbonyl (C=O) groups is 1. The maximum absolute atomic E-state index is 13.5. The highest BCUT2D eigenvalue weighted by Crippen LogP contribution is 2.25. The molecule has 20 heavy (non-hydrogen) atoms. The SMILES string of the molecule is CC(=O)OC(F)Cc1sccc1S(=O)(=O)NC(C)(C)C. The quantitative estimate of drug-likeness (QED) is 0.843. The largest absolute Gasteiger partial charge is 0.431 e. The van der Waals surface area contributed by atoms with E-state index in [0.717, 1.165) is 18.3 Å². The summed E-state index contributed by atoms with van der Waals surface area (Å²) in [4.78, 5) is 11.0. The molecule has 0 aliphatic rings. The summed E-state index contributed by atoms with van der Waals surface area (Å²) < 4.78 is 44.7. The molecule has 0 amide bonds. The van der Waals surface area contributed by atoms with E-state index in [4.69, 9.17) is 0 Å². The van der Waals surface area contributed by atoms with Crippen molar-refractivity contribution in [2.75, 3.05) is 0 Å². The molecule has 1 aromatic heterocycles. The second kappa shape index (κ2) is 6.19. The van der Waals surface area contributed by atoms with Gasteiger partial charge in [0.05, 0.1) is 11.3 Å². The van der Waals surface area contributed by atoms with Gasteiger partial charge in [-0.1, -0.05) is 0 Å². The molecule has 0 saturated heterocycles. The number of esters is 1. The highest BCUT2D eigenvalue weighted by Gasteiger charge is 2.26. The predicted molar refractivity (Wildman–Crippen MR) is 74.8 cm³/mol. The van der Waals surface area contributed by atoms with Gasteiger partial charge in [0, 0.05) is 17.3 Å². The van der Waals surface area contributed by atoms with Gasteiger partial charge in [0.15, 0.2) is 0 Å². The molecule has 0 saturated carbocycles. The van der Waals surface area contributed by atoms with Gasteiger partial charge in [0.2, 0.25) is 16.4 Å². The first-order valence-corrected chi connectivity index (χ1v) is 8.29. The van der Waals surface area contributed by atoms with Gasteiger partial charge in [0.25, 0.3) is 0 Å². The van der Waals surface area contributed by atoms with Crippen LogP contribution in [0, 0.1) is 0 Å². The summed E-state index contributed by atoms with van der Waals surface area (Å²) in [6, 6.07) is 1.41. The molecule has 0 aliphatic heterocycles. The number of rotatable bonds is 5. The van der Waals surface area contributed by atoms with Crippen molar-refractivity contribution in [3.8, 4) is 0 Å². The Morgan fingerprint density at radius 1 is 1.50 bits per heavy atom. The first-order chi connectivity index (χ1) is 9.01. The minimum absolute atomic E-state index is 0.0206. The molecule has 5 nitrogen and oxygen atoms in total.